The van der Waals surface area contributed by atoms with Crippen LogP contribution in [0.1, 0.15) is 15.9 Å². The van der Waals surface area contributed by atoms with E-state index in [4.69, 9.17) is 0 Å². The maximum Gasteiger partial charge on any atom is 0.251 e. The molecule has 1 aromatic heterocycles. The Morgan fingerprint density at radius 2 is 1.58 bits per heavy atom. The number of amides is 2. The number of anilines is 1. The Hall–Kier alpha value is -3.47. The number of benzene rings is 2. The van der Waals surface area contributed by atoms with Crippen LogP contribution in [0, 0.1) is 0 Å². The van der Waals surface area contributed by atoms with Crippen molar-refractivity contribution in [2.45, 2.75) is 6.54 Å². The molecule has 0 unspecified atom stereocenters. The molecule has 0 aliphatic rings. The summed E-state index contributed by atoms with van der Waals surface area (Å²) in [6.07, 6.45) is 3.42. The van der Waals surface area contributed by atoms with Crippen LogP contribution in [0.25, 0.3) is 0 Å². The van der Waals surface area contributed by atoms with Crippen LogP contribution in [0.2, 0.25) is 0 Å². The third-order valence-corrected chi connectivity index (χ3v) is 3.87. The van der Waals surface area contributed by atoms with E-state index >= 15 is 0 Å². The van der Waals surface area contributed by atoms with E-state index in [1.807, 2.05) is 48.5 Å². The van der Waals surface area contributed by atoms with Crippen LogP contribution in [0.5, 0.6) is 0 Å². The lowest BCUT2D eigenvalue weighted by molar-refractivity contribution is -0.117. The van der Waals surface area contributed by atoms with Crippen molar-refractivity contribution < 1.29 is 9.59 Å². The van der Waals surface area contributed by atoms with Gasteiger partial charge in [0, 0.05) is 23.6 Å². The second kappa shape index (κ2) is 8.58. The number of rotatable bonds is 6. The molecule has 0 saturated carbocycles. The SMILES string of the molecule is O=C(NCC(=O)N(Cc1cccnc1)c1ccccc1)c1ccccc1. The first-order valence-electron chi connectivity index (χ1n) is 8.31. The lowest BCUT2D eigenvalue weighted by atomic mass is 10.2. The van der Waals surface area contributed by atoms with E-state index in [1.165, 1.54) is 0 Å². The number of nitrogens with zero attached hydrogens (tertiary/aromatic N) is 2. The van der Waals surface area contributed by atoms with Crippen LogP contribution in [0.3, 0.4) is 0 Å². The second-order valence-corrected chi connectivity index (χ2v) is 5.73. The quantitative estimate of drug-likeness (QED) is 0.747. The van der Waals surface area contributed by atoms with Crippen molar-refractivity contribution >= 4 is 17.5 Å². The Morgan fingerprint density at radius 3 is 2.23 bits per heavy atom. The molecule has 0 bridgehead atoms. The summed E-state index contributed by atoms with van der Waals surface area (Å²) in [4.78, 5) is 30.7. The Balaban J connectivity index is 1.72. The fourth-order valence-electron chi connectivity index (χ4n) is 2.55. The van der Waals surface area contributed by atoms with E-state index in [1.54, 1.807) is 41.6 Å². The monoisotopic (exact) mass is 345 g/mol. The standard InChI is InChI=1S/C21H19N3O2/c25-20(15-23-21(26)18-9-3-1-4-10-18)24(19-11-5-2-6-12-19)16-17-8-7-13-22-14-17/h1-14H,15-16H2,(H,23,26). The molecular weight excluding hydrogens is 326 g/mol. The molecule has 2 aromatic carbocycles. The zero-order chi connectivity index (χ0) is 18.2. The molecule has 130 valence electrons. The fourth-order valence-corrected chi connectivity index (χ4v) is 2.55. The van der Waals surface area contributed by atoms with Crippen LogP contribution in [-0.2, 0) is 11.3 Å². The molecule has 1 heterocycles. The summed E-state index contributed by atoms with van der Waals surface area (Å²) in [5, 5.41) is 2.69. The minimum absolute atomic E-state index is 0.0805. The summed E-state index contributed by atoms with van der Waals surface area (Å²) in [7, 11) is 0. The fraction of sp³-hybridized carbons (Fsp3) is 0.0952. The number of para-hydroxylation sites is 1. The highest BCUT2D eigenvalue weighted by Gasteiger charge is 2.17. The highest BCUT2D eigenvalue weighted by Crippen LogP contribution is 2.16. The number of carbonyl (C=O) groups is 2. The third kappa shape index (κ3) is 4.54. The number of pyridine rings is 1. The summed E-state index contributed by atoms with van der Waals surface area (Å²) < 4.78 is 0. The van der Waals surface area contributed by atoms with Gasteiger partial charge < -0.3 is 10.2 Å². The molecule has 0 saturated heterocycles. The predicted octanol–water partition coefficient (Wildman–Crippen LogP) is 3.04. The van der Waals surface area contributed by atoms with E-state index < -0.39 is 0 Å². The number of carbonyl (C=O) groups excluding carboxylic acids is 2. The lowest BCUT2D eigenvalue weighted by Gasteiger charge is -2.23. The molecular formula is C21H19N3O2. The molecule has 3 rings (SSSR count). The van der Waals surface area contributed by atoms with Crippen LogP contribution in [0.4, 0.5) is 5.69 Å². The van der Waals surface area contributed by atoms with Gasteiger partial charge in [-0.2, -0.15) is 0 Å². The van der Waals surface area contributed by atoms with Gasteiger partial charge in [0.15, 0.2) is 0 Å². The van der Waals surface area contributed by atoms with Crippen molar-refractivity contribution in [3.05, 3.63) is 96.3 Å². The number of hydrogen-bond acceptors (Lipinski definition) is 3. The van der Waals surface area contributed by atoms with Gasteiger partial charge in [0.1, 0.15) is 0 Å². The molecule has 0 fully saturated rings. The van der Waals surface area contributed by atoms with Crippen LogP contribution in [-0.4, -0.2) is 23.3 Å². The van der Waals surface area contributed by atoms with Gasteiger partial charge in [0.2, 0.25) is 5.91 Å². The summed E-state index contributed by atoms with van der Waals surface area (Å²) in [6, 6.07) is 22.0. The highest BCUT2D eigenvalue weighted by molar-refractivity contribution is 6.00. The van der Waals surface area contributed by atoms with Crippen molar-refractivity contribution in [2.24, 2.45) is 0 Å². The topological polar surface area (TPSA) is 62.3 Å². The molecule has 3 aromatic rings. The summed E-state index contributed by atoms with van der Waals surface area (Å²) in [5.74, 6) is -0.460. The Kier molecular flexibility index (Phi) is 5.72. The van der Waals surface area contributed by atoms with Gasteiger partial charge in [0.05, 0.1) is 13.1 Å². The van der Waals surface area contributed by atoms with Crippen LogP contribution >= 0.6 is 0 Å². The zero-order valence-corrected chi connectivity index (χ0v) is 14.2. The van der Waals surface area contributed by atoms with Crippen molar-refractivity contribution in [1.29, 1.82) is 0 Å². The van der Waals surface area contributed by atoms with Gasteiger partial charge in [0.25, 0.3) is 5.91 Å². The third-order valence-electron chi connectivity index (χ3n) is 3.87. The number of nitrogens with one attached hydrogen (secondary N) is 1. The highest BCUT2D eigenvalue weighted by atomic mass is 16.2. The molecule has 0 aliphatic heterocycles. The van der Waals surface area contributed by atoms with Crippen LogP contribution < -0.4 is 10.2 Å². The van der Waals surface area contributed by atoms with Crippen molar-refractivity contribution in [3.63, 3.8) is 0 Å². The molecule has 0 aliphatic carbocycles. The van der Waals surface area contributed by atoms with E-state index in [0.717, 1.165) is 11.3 Å². The van der Waals surface area contributed by atoms with Gasteiger partial charge in [-0.3, -0.25) is 14.6 Å². The zero-order valence-electron chi connectivity index (χ0n) is 14.2. The lowest BCUT2D eigenvalue weighted by Crippen LogP contribution is -2.40. The van der Waals surface area contributed by atoms with Crippen molar-refractivity contribution in [3.8, 4) is 0 Å². The Bertz CT molecular complexity index is 852. The van der Waals surface area contributed by atoms with E-state index in [9.17, 15) is 9.59 Å². The van der Waals surface area contributed by atoms with E-state index in [-0.39, 0.29) is 18.4 Å². The number of hydrogen-bond donors (Lipinski definition) is 1. The minimum atomic E-state index is -0.270. The molecule has 26 heavy (non-hydrogen) atoms. The average Bonchev–Trinajstić information content (AvgIpc) is 2.72. The molecule has 5 nitrogen and oxygen atoms in total. The van der Waals surface area contributed by atoms with E-state index in [0.29, 0.717) is 12.1 Å². The first kappa shape index (κ1) is 17.4. The van der Waals surface area contributed by atoms with E-state index in [2.05, 4.69) is 10.3 Å². The Labute approximate surface area is 152 Å². The molecule has 0 radical (unpaired) electrons. The number of aromatic nitrogens is 1. The molecule has 5 heteroatoms. The molecule has 1 N–H and O–H groups in total. The first-order chi connectivity index (χ1) is 12.7. The predicted molar refractivity (Wildman–Crippen MR) is 101 cm³/mol. The molecule has 0 spiro atoms. The van der Waals surface area contributed by atoms with Gasteiger partial charge in [-0.25, -0.2) is 0 Å². The minimum Gasteiger partial charge on any atom is -0.343 e. The maximum atomic E-state index is 12.8. The second-order valence-electron chi connectivity index (χ2n) is 5.73. The summed E-state index contributed by atoms with van der Waals surface area (Å²) in [5.41, 5.74) is 2.22. The smallest absolute Gasteiger partial charge is 0.251 e. The largest absolute Gasteiger partial charge is 0.343 e. The maximum absolute atomic E-state index is 12.8. The summed E-state index contributed by atoms with van der Waals surface area (Å²) in [6.45, 7) is 0.306. The molecule has 0 atom stereocenters. The van der Waals surface area contributed by atoms with Gasteiger partial charge >= 0.3 is 0 Å². The molecule has 2 amide bonds. The van der Waals surface area contributed by atoms with Crippen LogP contribution in [0.15, 0.2) is 85.2 Å². The normalized spacial score (nSPS) is 10.2. The summed E-state index contributed by atoms with van der Waals surface area (Å²) >= 11 is 0. The first-order valence-corrected chi connectivity index (χ1v) is 8.31. The van der Waals surface area contributed by atoms with Gasteiger partial charge in [-0.1, -0.05) is 42.5 Å². The van der Waals surface area contributed by atoms with Gasteiger partial charge in [-0.15, -0.1) is 0 Å². The van der Waals surface area contributed by atoms with Crippen molar-refractivity contribution in [2.75, 3.05) is 11.4 Å². The Morgan fingerprint density at radius 1 is 0.885 bits per heavy atom. The average molecular weight is 345 g/mol. The van der Waals surface area contributed by atoms with Crippen molar-refractivity contribution in [1.82, 2.24) is 10.3 Å². The van der Waals surface area contributed by atoms with Gasteiger partial charge in [-0.05, 0) is 35.9 Å².